The summed E-state index contributed by atoms with van der Waals surface area (Å²) in [5.74, 6) is -0.208. The van der Waals surface area contributed by atoms with Gasteiger partial charge in [0.15, 0.2) is 0 Å². The third-order valence-corrected chi connectivity index (χ3v) is 2.31. The molecule has 0 aliphatic carbocycles. The molecule has 0 N–H and O–H groups in total. The molecule has 1 rings (SSSR count). The van der Waals surface area contributed by atoms with Crippen LogP contribution in [0.5, 0.6) is 0 Å². The van der Waals surface area contributed by atoms with Crippen LogP contribution in [0.3, 0.4) is 0 Å². The maximum Gasteiger partial charge on any atom is 0.245 e. The number of carbonyl (C=O) groups excluding carboxylic acids is 1. The average molecular weight is 220 g/mol. The maximum atomic E-state index is 11.6. The Morgan fingerprint density at radius 2 is 2.00 bits per heavy atom. The second-order valence-corrected chi connectivity index (χ2v) is 3.62. The van der Waals surface area contributed by atoms with Gasteiger partial charge in [-0.1, -0.05) is 43.7 Å². The van der Waals surface area contributed by atoms with Crippen molar-refractivity contribution < 1.29 is 4.79 Å². The highest BCUT2D eigenvalue weighted by Crippen LogP contribution is 2.08. The summed E-state index contributed by atoms with van der Waals surface area (Å²) in [5, 5.41) is 3.76. The van der Waals surface area contributed by atoms with Gasteiger partial charge in [0.25, 0.3) is 0 Å². The molecule has 4 heteroatoms. The number of nitroso groups, excluding NO2 is 1. The predicted octanol–water partition coefficient (Wildman–Crippen LogP) is 2.89. The van der Waals surface area contributed by atoms with Crippen LogP contribution in [0, 0.1) is 4.91 Å². The molecule has 0 aliphatic rings. The summed E-state index contributed by atoms with van der Waals surface area (Å²) in [6.45, 7) is 2.26. The van der Waals surface area contributed by atoms with Crippen LogP contribution in [-0.4, -0.2) is 10.9 Å². The highest BCUT2D eigenvalue weighted by atomic mass is 16.3. The lowest BCUT2D eigenvalue weighted by Crippen LogP contribution is -2.24. The molecule has 1 aromatic carbocycles. The predicted molar refractivity (Wildman–Crippen MR) is 62.3 cm³/mol. The zero-order valence-electron chi connectivity index (χ0n) is 9.43. The van der Waals surface area contributed by atoms with Crippen LogP contribution >= 0.6 is 0 Å². The first-order chi connectivity index (χ1) is 7.77. The van der Waals surface area contributed by atoms with Gasteiger partial charge in [0, 0.05) is 6.42 Å². The largest absolute Gasteiger partial charge is 0.273 e. The minimum atomic E-state index is -0.208. The van der Waals surface area contributed by atoms with Crippen molar-refractivity contribution in [2.45, 2.75) is 32.7 Å². The Balaban J connectivity index is 2.55. The van der Waals surface area contributed by atoms with Crippen molar-refractivity contribution >= 4 is 5.91 Å². The molecule has 1 aromatic rings. The summed E-state index contributed by atoms with van der Waals surface area (Å²) in [6.07, 6.45) is 2.11. The minimum Gasteiger partial charge on any atom is -0.273 e. The lowest BCUT2D eigenvalue weighted by Gasteiger charge is -2.12. The highest BCUT2D eigenvalue weighted by molar-refractivity contribution is 5.75. The van der Waals surface area contributed by atoms with Crippen LogP contribution in [-0.2, 0) is 11.3 Å². The van der Waals surface area contributed by atoms with Gasteiger partial charge in [0.05, 0.1) is 11.8 Å². The van der Waals surface area contributed by atoms with E-state index < -0.39 is 0 Å². The lowest BCUT2D eigenvalue weighted by atomic mass is 10.2. The summed E-state index contributed by atoms with van der Waals surface area (Å²) in [4.78, 5) is 22.1. The van der Waals surface area contributed by atoms with Crippen LogP contribution in [0.4, 0.5) is 0 Å². The third-order valence-electron chi connectivity index (χ3n) is 2.31. The number of nitrogens with zero attached hydrogens (tertiary/aromatic N) is 2. The smallest absolute Gasteiger partial charge is 0.245 e. The Labute approximate surface area is 95.2 Å². The second kappa shape index (κ2) is 6.71. The fourth-order valence-corrected chi connectivity index (χ4v) is 1.38. The van der Waals surface area contributed by atoms with Gasteiger partial charge in [-0.15, -0.1) is 4.91 Å². The monoisotopic (exact) mass is 220 g/mol. The van der Waals surface area contributed by atoms with E-state index in [2.05, 4.69) is 5.29 Å². The van der Waals surface area contributed by atoms with Crippen molar-refractivity contribution in [3.05, 3.63) is 40.8 Å². The number of unbranched alkanes of at least 4 members (excludes halogenated alkanes) is 1. The highest BCUT2D eigenvalue weighted by Gasteiger charge is 2.13. The van der Waals surface area contributed by atoms with E-state index in [1.165, 1.54) is 0 Å². The molecule has 4 nitrogen and oxygen atoms in total. The molecule has 0 heterocycles. The lowest BCUT2D eigenvalue weighted by molar-refractivity contribution is -0.132. The fraction of sp³-hybridized carbons (Fsp3) is 0.417. The summed E-state index contributed by atoms with van der Waals surface area (Å²) < 4.78 is 0. The standard InChI is InChI=1S/C12H16N2O2/c1-2-3-9-12(15)14(13-16)10-11-7-5-4-6-8-11/h4-8H,2-3,9-10H2,1H3. The summed E-state index contributed by atoms with van der Waals surface area (Å²) in [7, 11) is 0. The first kappa shape index (κ1) is 12.4. The molecule has 0 aromatic heterocycles. The van der Waals surface area contributed by atoms with Crippen molar-refractivity contribution in [1.82, 2.24) is 5.01 Å². The zero-order chi connectivity index (χ0) is 11.8. The van der Waals surface area contributed by atoms with Crippen LogP contribution in [0.2, 0.25) is 0 Å². The molecule has 0 aliphatic heterocycles. The Kier molecular flexibility index (Phi) is 5.19. The van der Waals surface area contributed by atoms with Gasteiger partial charge in [-0.05, 0) is 12.0 Å². The van der Waals surface area contributed by atoms with Gasteiger partial charge in [-0.25, -0.2) is 0 Å². The Morgan fingerprint density at radius 1 is 1.31 bits per heavy atom. The summed E-state index contributed by atoms with van der Waals surface area (Å²) in [6, 6.07) is 9.36. The molecule has 0 saturated heterocycles. The van der Waals surface area contributed by atoms with E-state index in [-0.39, 0.29) is 12.5 Å². The van der Waals surface area contributed by atoms with E-state index in [0.29, 0.717) is 6.42 Å². The van der Waals surface area contributed by atoms with E-state index in [0.717, 1.165) is 23.4 Å². The Hall–Kier alpha value is -1.71. The molecule has 0 bridgehead atoms. The molecule has 0 spiro atoms. The number of benzene rings is 1. The van der Waals surface area contributed by atoms with Crippen LogP contribution in [0.1, 0.15) is 31.7 Å². The number of hydrogen-bond acceptors (Lipinski definition) is 3. The molecule has 0 radical (unpaired) electrons. The van der Waals surface area contributed by atoms with Crippen molar-refractivity contribution in [3.8, 4) is 0 Å². The molecule has 16 heavy (non-hydrogen) atoms. The molecular weight excluding hydrogens is 204 g/mol. The van der Waals surface area contributed by atoms with Crippen molar-refractivity contribution in [1.29, 1.82) is 0 Å². The topological polar surface area (TPSA) is 49.7 Å². The van der Waals surface area contributed by atoms with Crippen LogP contribution in [0.25, 0.3) is 0 Å². The quantitative estimate of drug-likeness (QED) is 0.546. The van der Waals surface area contributed by atoms with Gasteiger partial charge in [0.1, 0.15) is 0 Å². The number of rotatable bonds is 6. The van der Waals surface area contributed by atoms with Crippen molar-refractivity contribution in [3.63, 3.8) is 0 Å². The Bertz CT molecular complexity index is 338. The van der Waals surface area contributed by atoms with E-state index in [1.54, 1.807) is 0 Å². The minimum absolute atomic E-state index is 0.208. The van der Waals surface area contributed by atoms with Gasteiger partial charge in [-0.3, -0.25) is 4.79 Å². The molecule has 1 amide bonds. The molecule has 86 valence electrons. The van der Waals surface area contributed by atoms with E-state index in [9.17, 15) is 9.70 Å². The van der Waals surface area contributed by atoms with Gasteiger partial charge in [-0.2, -0.15) is 5.01 Å². The number of hydrogen-bond donors (Lipinski definition) is 0. The molecule has 0 saturated carbocycles. The van der Waals surface area contributed by atoms with Gasteiger partial charge < -0.3 is 0 Å². The first-order valence-corrected chi connectivity index (χ1v) is 5.45. The first-order valence-electron chi connectivity index (χ1n) is 5.45. The average Bonchev–Trinajstić information content (AvgIpc) is 2.34. The van der Waals surface area contributed by atoms with E-state index >= 15 is 0 Å². The Morgan fingerprint density at radius 3 is 2.56 bits per heavy atom. The molecule has 0 unspecified atom stereocenters. The summed E-state index contributed by atoms with van der Waals surface area (Å²) in [5.41, 5.74) is 0.909. The SMILES string of the molecule is CCCCC(=O)N(Cc1ccccc1)N=O. The molecule has 0 fully saturated rings. The third kappa shape index (κ3) is 3.81. The van der Waals surface area contributed by atoms with E-state index in [4.69, 9.17) is 0 Å². The molecule has 0 atom stereocenters. The zero-order valence-corrected chi connectivity index (χ0v) is 9.43. The van der Waals surface area contributed by atoms with Crippen LogP contribution in [0.15, 0.2) is 35.6 Å². The van der Waals surface area contributed by atoms with Crippen molar-refractivity contribution in [2.24, 2.45) is 5.29 Å². The number of carbonyl (C=O) groups is 1. The van der Waals surface area contributed by atoms with Crippen LogP contribution < -0.4 is 0 Å². The molecular formula is C12H16N2O2. The fourth-order valence-electron chi connectivity index (χ4n) is 1.38. The number of amides is 1. The second-order valence-electron chi connectivity index (χ2n) is 3.62. The van der Waals surface area contributed by atoms with E-state index in [1.807, 2.05) is 37.3 Å². The van der Waals surface area contributed by atoms with Gasteiger partial charge in [0.2, 0.25) is 5.91 Å². The van der Waals surface area contributed by atoms with Crippen molar-refractivity contribution in [2.75, 3.05) is 0 Å². The normalized spacial score (nSPS) is 9.81. The maximum absolute atomic E-state index is 11.6. The summed E-state index contributed by atoms with van der Waals surface area (Å²) >= 11 is 0. The van der Waals surface area contributed by atoms with Gasteiger partial charge >= 0.3 is 0 Å².